The maximum Gasteiger partial charge on any atom is 1.00 e. The van der Waals surface area contributed by atoms with Crippen LogP contribution in [0.25, 0.3) is 0 Å². The molecule has 0 saturated heterocycles. The van der Waals surface area contributed by atoms with Gasteiger partial charge >= 0.3 is 51.4 Å². The number of benzene rings is 2. The summed E-state index contributed by atoms with van der Waals surface area (Å²) in [6.45, 7) is 4.19. The monoisotopic (exact) mass is 292 g/mol. The van der Waals surface area contributed by atoms with E-state index < -0.39 is 0 Å². The van der Waals surface area contributed by atoms with Gasteiger partial charge in [0.25, 0.3) is 0 Å². The minimum atomic E-state index is 0. The molecule has 2 aromatic rings. The van der Waals surface area contributed by atoms with Crippen molar-refractivity contribution in [2.24, 2.45) is 0 Å². The summed E-state index contributed by atoms with van der Waals surface area (Å²) in [7, 11) is 0. The van der Waals surface area contributed by atoms with Crippen LogP contribution in [0, 0.1) is 13.3 Å². The van der Waals surface area contributed by atoms with Crippen molar-refractivity contribution in [3.63, 3.8) is 0 Å². The Kier molecular flexibility index (Phi) is 8.74. The maximum absolute atomic E-state index is 5.87. The molecule has 2 rings (SSSR count). The van der Waals surface area contributed by atoms with Crippen molar-refractivity contribution < 1.29 is 56.1 Å². The van der Waals surface area contributed by atoms with Crippen LogP contribution in [-0.2, 0) is 6.42 Å². The van der Waals surface area contributed by atoms with E-state index in [1.54, 1.807) is 0 Å². The first-order chi connectivity index (χ1) is 9.28. The summed E-state index contributed by atoms with van der Waals surface area (Å²) in [6, 6.07) is 16.5. The van der Waals surface area contributed by atoms with Crippen LogP contribution in [0.1, 0.15) is 30.9 Å². The summed E-state index contributed by atoms with van der Waals surface area (Å²) < 4.78 is 5.87. The molecule has 0 saturated carbocycles. The Morgan fingerprint density at radius 2 is 1.75 bits per heavy atom. The number of ether oxygens (including phenoxy) is 1. The third-order valence-electron chi connectivity index (χ3n) is 3.11. The van der Waals surface area contributed by atoms with E-state index in [2.05, 4.69) is 50.6 Å². The third-order valence-corrected chi connectivity index (χ3v) is 3.11. The normalized spacial score (nSPS) is 9.90. The second-order valence-corrected chi connectivity index (χ2v) is 4.86. The number of rotatable bonds is 6. The second-order valence-electron chi connectivity index (χ2n) is 4.86. The standard InChI is InChI=1S/C18H21O.K/c1-3-4-5-7-16-8-6-9-18(14-16)19-17-12-10-15(2)11-13-17;/h3,6,8-14H,4-5,7H2,1-2H3;/q-1;+1. The van der Waals surface area contributed by atoms with Crippen molar-refractivity contribution in [3.8, 4) is 11.5 Å². The van der Waals surface area contributed by atoms with Gasteiger partial charge in [0, 0.05) is 0 Å². The first kappa shape index (κ1) is 17.9. The van der Waals surface area contributed by atoms with Gasteiger partial charge in [-0.25, -0.2) is 0 Å². The molecule has 0 atom stereocenters. The molecule has 2 heteroatoms. The molecule has 100 valence electrons. The molecule has 0 N–H and O–H groups in total. The summed E-state index contributed by atoms with van der Waals surface area (Å²) in [6.07, 6.45) is 5.69. The largest absolute Gasteiger partial charge is 1.00 e. The molecule has 0 unspecified atom stereocenters. The van der Waals surface area contributed by atoms with E-state index in [9.17, 15) is 0 Å². The summed E-state index contributed by atoms with van der Waals surface area (Å²) in [5.41, 5.74) is 2.59. The zero-order chi connectivity index (χ0) is 13.5. The Labute approximate surface area is 165 Å². The number of hydrogen-bond acceptors (Lipinski definition) is 1. The fourth-order valence-corrected chi connectivity index (χ4v) is 2.02. The van der Waals surface area contributed by atoms with Gasteiger partial charge in [0.05, 0.1) is 0 Å². The minimum Gasteiger partial charge on any atom is -0.457 e. The molecule has 0 fully saturated rings. The van der Waals surface area contributed by atoms with Crippen LogP contribution in [0.4, 0.5) is 0 Å². The first-order valence-electron chi connectivity index (χ1n) is 6.89. The van der Waals surface area contributed by atoms with E-state index in [0.717, 1.165) is 17.9 Å². The molecule has 1 nitrogen and oxygen atoms in total. The van der Waals surface area contributed by atoms with Crippen molar-refractivity contribution >= 4 is 0 Å². The van der Waals surface area contributed by atoms with Crippen LogP contribution < -0.4 is 56.1 Å². The van der Waals surface area contributed by atoms with Gasteiger partial charge in [-0.1, -0.05) is 36.2 Å². The zero-order valence-corrected chi connectivity index (χ0v) is 15.8. The molecular weight excluding hydrogens is 271 g/mol. The molecule has 0 spiro atoms. The maximum atomic E-state index is 5.87. The Bertz CT molecular complexity index is 505. The van der Waals surface area contributed by atoms with E-state index in [0.29, 0.717) is 0 Å². The van der Waals surface area contributed by atoms with Gasteiger partial charge in [0.15, 0.2) is 0 Å². The Morgan fingerprint density at radius 1 is 1.00 bits per heavy atom. The van der Waals surface area contributed by atoms with E-state index in [-0.39, 0.29) is 51.4 Å². The predicted molar refractivity (Wildman–Crippen MR) is 80.6 cm³/mol. The van der Waals surface area contributed by atoms with Gasteiger partial charge in [0.2, 0.25) is 0 Å². The number of hydrogen-bond donors (Lipinski definition) is 0. The summed E-state index contributed by atoms with van der Waals surface area (Å²) in [4.78, 5) is 0. The topological polar surface area (TPSA) is 9.23 Å². The Hall–Kier alpha value is -0.124. The molecule has 0 amide bonds. The zero-order valence-electron chi connectivity index (χ0n) is 12.7. The molecule has 0 aromatic heterocycles. The quantitative estimate of drug-likeness (QED) is 0.451. The van der Waals surface area contributed by atoms with Crippen LogP contribution in [-0.4, -0.2) is 0 Å². The smallest absolute Gasteiger partial charge is 0.457 e. The van der Waals surface area contributed by atoms with E-state index in [4.69, 9.17) is 4.74 Å². The van der Waals surface area contributed by atoms with Crippen molar-refractivity contribution in [1.29, 1.82) is 0 Å². The van der Waals surface area contributed by atoms with Gasteiger partial charge in [-0.3, -0.25) is 0 Å². The van der Waals surface area contributed by atoms with E-state index in [1.165, 1.54) is 24.0 Å². The fourth-order valence-electron chi connectivity index (χ4n) is 2.02. The first-order valence-corrected chi connectivity index (χ1v) is 6.89. The van der Waals surface area contributed by atoms with Gasteiger partial charge in [0.1, 0.15) is 11.5 Å². The third kappa shape index (κ3) is 6.11. The summed E-state index contributed by atoms with van der Waals surface area (Å²) >= 11 is 0. The van der Waals surface area contributed by atoms with Crippen molar-refractivity contribution in [2.75, 3.05) is 0 Å². The van der Waals surface area contributed by atoms with Crippen LogP contribution in [0.15, 0.2) is 48.5 Å². The van der Waals surface area contributed by atoms with E-state index in [1.807, 2.05) is 18.2 Å². The van der Waals surface area contributed by atoms with E-state index >= 15 is 0 Å². The van der Waals surface area contributed by atoms with Crippen molar-refractivity contribution in [1.82, 2.24) is 0 Å². The minimum absolute atomic E-state index is 0. The number of unbranched alkanes of at least 4 members (excludes halogenated alkanes) is 2. The number of aryl methyl sites for hydroxylation is 2. The van der Waals surface area contributed by atoms with Crippen LogP contribution in [0.3, 0.4) is 0 Å². The van der Waals surface area contributed by atoms with Crippen molar-refractivity contribution in [2.45, 2.75) is 33.1 Å². The van der Waals surface area contributed by atoms with Crippen molar-refractivity contribution in [3.05, 3.63) is 66.1 Å². The average Bonchev–Trinajstić information content (AvgIpc) is 2.42. The van der Waals surface area contributed by atoms with Gasteiger partial charge in [-0.15, -0.1) is 0 Å². The molecule has 0 aliphatic heterocycles. The molecule has 20 heavy (non-hydrogen) atoms. The Morgan fingerprint density at radius 3 is 2.45 bits per heavy atom. The van der Waals surface area contributed by atoms with Gasteiger partial charge in [-0.2, -0.15) is 13.3 Å². The fraction of sp³-hybridized carbons (Fsp3) is 0.278. The average molecular weight is 292 g/mol. The SMILES string of the molecule is C[CH-]CCCc1cccc(Oc2ccc(C)cc2)c1.[K+]. The van der Waals surface area contributed by atoms with Crippen LogP contribution >= 0.6 is 0 Å². The Balaban J connectivity index is 0.00000200. The van der Waals surface area contributed by atoms with Crippen LogP contribution in [0.2, 0.25) is 0 Å². The summed E-state index contributed by atoms with van der Waals surface area (Å²) in [5.74, 6) is 1.81. The summed E-state index contributed by atoms with van der Waals surface area (Å²) in [5, 5.41) is 0. The molecule has 0 bridgehead atoms. The molecule has 0 aliphatic rings. The second kappa shape index (κ2) is 9.75. The molecule has 0 heterocycles. The van der Waals surface area contributed by atoms with Gasteiger partial charge in [-0.05, 0) is 43.2 Å². The molecule has 0 radical (unpaired) electrons. The van der Waals surface area contributed by atoms with Crippen LogP contribution in [0.5, 0.6) is 11.5 Å². The molecule has 2 aromatic carbocycles. The predicted octanol–water partition coefficient (Wildman–Crippen LogP) is 2.34. The molecular formula is C18H21KO. The van der Waals surface area contributed by atoms with Gasteiger partial charge < -0.3 is 11.2 Å². The molecule has 0 aliphatic carbocycles.